The molecule has 0 aliphatic carbocycles. The maximum atomic E-state index is 12.1. The predicted octanol–water partition coefficient (Wildman–Crippen LogP) is 2.69. The Hall–Kier alpha value is -2.68. The van der Waals surface area contributed by atoms with Crippen LogP contribution in [0.3, 0.4) is 0 Å². The van der Waals surface area contributed by atoms with E-state index < -0.39 is 20.6 Å². The van der Waals surface area contributed by atoms with Crippen LogP contribution in [0.4, 0.5) is 0 Å². The number of fused-ring (bicyclic) bond motifs is 2. The second-order valence-corrected chi connectivity index (χ2v) is 7.19. The van der Waals surface area contributed by atoms with Gasteiger partial charge in [-0.25, -0.2) is 9.97 Å². The standard InChI is InChI=1S/C18H20N6O3P/c19-17(23-11-21-13-5-1-3-7-15(13)23)9-26-28(25)27-10-18(20)24-12-22-14-6-2-4-8-16(14)24/h1-8,11-12,17-18H,9-10,19-20H2/q+1. The second-order valence-electron chi connectivity index (χ2n) is 6.23. The summed E-state index contributed by atoms with van der Waals surface area (Å²) < 4.78 is 26.1. The highest BCUT2D eigenvalue weighted by atomic mass is 31.1. The van der Waals surface area contributed by atoms with E-state index in [1.165, 1.54) is 0 Å². The number of hydrogen-bond acceptors (Lipinski definition) is 7. The molecule has 0 radical (unpaired) electrons. The van der Waals surface area contributed by atoms with Crippen LogP contribution in [0.25, 0.3) is 22.1 Å². The second kappa shape index (κ2) is 8.14. The maximum Gasteiger partial charge on any atom is 0.697 e. The summed E-state index contributed by atoms with van der Waals surface area (Å²) in [5, 5.41) is 0. The van der Waals surface area contributed by atoms with Gasteiger partial charge in [0.1, 0.15) is 25.5 Å². The summed E-state index contributed by atoms with van der Waals surface area (Å²) in [4.78, 5) is 8.56. The van der Waals surface area contributed by atoms with Crippen molar-refractivity contribution in [3.8, 4) is 0 Å². The molecular formula is C18H20N6O3P+. The fourth-order valence-corrected chi connectivity index (χ4v) is 3.58. The van der Waals surface area contributed by atoms with E-state index in [1.54, 1.807) is 21.8 Å². The third-order valence-electron chi connectivity index (χ3n) is 4.38. The van der Waals surface area contributed by atoms with Crippen molar-refractivity contribution < 1.29 is 13.6 Å². The van der Waals surface area contributed by atoms with Gasteiger partial charge in [-0.2, -0.15) is 0 Å². The number of benzene rings is 2. The van der Waals surface area contributed by atoms with E-state index in [0.29, 0.717) is 0 Å². The Bertz CT molecular complexity index is 1020. The van der Waals surface area contributed by atoms with Crippen molar-refractivity contribution in [3.05, 3.63) is 61.2 Å². The van der Waals surface area contributed by atoms with Crippen molar-refractivity contribution in [2.45, 2.75) is 12.3 Å². The summed E-state index contributed by atoms with van der Waals surface area (Å²) in [6.45, 7) is 0.0254. The van der Waals surface area contributed by atoms with Crippen LogP contribution in [0.2, 0.25) is 0 Å². The summed E-state index contributed by atoms with van der Waals surface area (Å²) >= 11 is 0. The van der Waals surface area contributed by atoms with Crippen molar-refractivity contribution >= 4 is 30.3 Å². The smallest absolute Gasteiger partial charge is 0.312 e. The summed E-state index contributed by atoms with van der Waals surface area (Å²) in [7, 11) is -2.36. The van der Waals surface area contributed by atoms with Gasteiger partial charge in [-0.05, 0) is 24.3 Å². The number of nitrogens with zero attached hydrogens (tertiary/aromatic N) is 4. The van der Waals surface area contributed by atoms with E-state index >= 15 is 0 Å². The Morgan fingerprint density at radius 3 is 1.71 bits per heavy atom. The van der Waals surface area contributed by atoms with Gasteiger partial charge in [0.25, 0.3) is 0 Å². The fraction of sp³-hybridized carbons (Fsp3) is 0.222. The molecule has 0 spiro atoms. The van der Waals surface area contributed by atoms with Crippen molar-refractivity contribution in [3.63, 3.8) is 0 Å². The van der Waals surface area contributed by atoms with Crippen LogP contribution in [-0.4, -0.2) is 32.3 Å². The van der Waals surface area contributed by atoms with Crippen molar-refractivity contribution in [1.82, 2.24) is 19.1 Å². The molecule has 10 heteroatoms. The van der Waals surface area contributed by atoms with Crippen LogP contribution in [0.5, 0.6) is 0 Å². The minimum atomic E-state index is -2.36. The van der Waals surface area contributed by atoms with Gasteiger partial charge in [0, 0.05) is 4.57 Å². The molecule has 144 valence electrons. The van der Waals surface area contributed by atoms with Gasteiger partial charge < -0.3 is 20.6 Å². The average molecular weight is 399 g/mol. The van der Waals surface area contributed by atoms with E-state index in [0.717, 1.165) is 22.1 Å². The molecule has 0 saturated carbocycles. The molecule has 28 heavy (non-hydrogen) atoms. The lowest BCUT2D eigenvalue weighted by Gasteiger charge is -2.12. The molecule has 0 bridgehead atoms. The van der Waals surface area contributed by atoms with Gasteiger partial charge in [-0.1, -0.05) is 24.3 Å². The van der Waals surface area contributed by atoms with Crippen molar-refractivity contribution in [1.29, 1.82) is 0 Å². The van der Waals surface area contributed by atoms with Crippen molar-refractivity contribution in [2.24, 2.45) is 11.5 Å². The molecule has 4 N–H and O–H groups in total. The molecule has 2 aromatic carbocycles. The average Bonchev–Trinajstić information content (AvgIpc) is 3.34. The first-order valence-electron chi connectivity index (χ1n) is 8.71. The Labute approximate surface area is 161 Å². The van der Waals surface area contributed by atoms with Gasteiger partial charge in [0.05, 0.1) is 34.7 Å². The molecule has 9 nitrogen and oxygen atoms in total. The minimum absolute atomic E-state index is 0.0127. The number of hydrogen-bond donors (Lipinski definition) is 2. The molecule has 0 saturated heterocycles. The minimum Gasteiger partial charge on any atom is -0.312 e. The highest BCUT2D eigenvalue weighted by molar-refractivity contribution is 7.33. The SMILES string of the molecule is NC(CO[P+](=O)OCC(N)n1cnc2ccccc21)n1cnc2ccccc21. The summed E-state index contributed by atoms with van der Waals surface area (Å²) in [5.74, 6) is 0. The number of rotatable bonds is 8. The zero-order valence-electron chi connectivity index (χ0n) is 15.0. The van der Waals surface area contributed by atoms with Crippen LogP contribution < -0.4 is 11.5 Å². The Morgan fingerprint density at radius 1 is 0.821 bits per heavy atom. The normalized spacial score (nSPS) is 14.4. The number of aromatic nitrogens is 4. The number of nitrogens with two attached hydrogens (primary N) is 2. The van der Waals surface area contributed by atoms with Gasteiger partial charge in [0.15, 0.2) is 0 Å². The third kappa shape index (κ3) is 3.80. The summed E-state index contributed by atoms with van der Waals surface area (Å²) in [6, 6.07) is 15.2. The van der Waals surface area contributed by atoms with Crippen LogP contribution >= 0.6 is 8.25 Å². The highest BCUT2D eigenvalue weighted by Crippen LogP contribution is 2.27. The summed E-state index contributed by atoms with van der Waals surface area (Å²) in [5.41, 5.74) is 15.7. The van der Waals surface area contributed by atoms with Gasteiger partial charge in [0.2, 0.25) is 0 Å². The topological polar surface area (TPSA) is 123 Å². The molecule has 2 unspecified atom stereocenters. The lowest BCUT2D eigenvalue weighted by Crippen LogP contribution is -2.23. The molecule has 0 aliphatic rings. The Morgan fingerprint density at radius 2 is 1.25 bits per heavy atom. The van der Waals surface area contributed by atoms with Crippen molar-refractivity contribution in [2.75, 3.05) is 13.2 Å². The number of imidazole rings is 2. The van der Waals surface area contributed by atoms with Crippen LogP contribution in [0.15, 0.2) is 61.2 Å². The fourth-order valence-electron chi connectivity index (χ4n) is 2.96. The maximum absolute atomic E-state index is 12.1. The molecule has 2 aromatic heterocycles. The zero-order chi connectivity index (χ0) is 19.5. The van der Waals surface area contributed by atoms with Gasteiger partial charge in [-0.3, -0.25) is 0 Å². The van der Waals surface area contributed by atoms with Gasteiger partial charge in [-0.15, -0.1) is 9.05 Å². The van der Waals surface area contributed by atoms with E-state index in [1.807, 2.05) is 48.5 Å². The molecule has 0 amide bonds. The zero-order valence-corrected chi connectivity index (χ0v) is 15.9. The van der Waals surface area contributed by atoms with Crippen LogP contribution in [-0.2, 0) is 13.6 Å². The predicted molar refractivity (Wildman–Crippen MR) is 105 cm³/mol. The lowest BCUT2D eigenvalue weighted by molar-refractivity contribution is 0.183. The first-order valence-corrected chi connectivity index (χ1v) is 9.80. The molecule has 0 aliphatic heterocycles. The third-order valence-corrected chi connectivity index (χ3v) is 5.10. The van der Waals surface area contributed by atoms with E-state index in [9.17, 15) is 4.57 Å². The molecule has 2 atom stereocenters. The number of para-hydroxylation sites is 4. The first-order chi connectivity index (χ1) is 13.6. The van der Waals surface area contributed by atoms with E-state index in [2.05, 4.69) is 9.97 Å². The Kier molecular flexibility index (Phi) is 5.43. The molecule has 0 fully saturated rings. The molecule has 2 heterocycles. The largest absolute Gasteiger partial charge is 0.697 e. The lowest BCUT2D eigenvalue weighted by atomic mass is 10.3. The first kappa shape index (κ1) is 18.7. The van der Waals surface area contributed by atoms with E-state index in [4.69, 9.17) is 20.5 Å². The monoisotopic (exact) mass is 399 g/mol. The molecule has 4 aromatic rings. The van der Waals surface area contributed by atoms with E-state index in [-0.39, 0.29) is 13.2 Å². The Balaban J connectivity index is 1.31. The summed E-state index contributed by atoms with van der Waals surface area (Å²) in [6.07, 6.45) is 2.18. The molecular weight excluding hydrogens is 379 g/mol. The van der Waals surface area contributed by atoms with Gasteiger partial charge >= 0.3 is 8.25 Å². The van der Waals surface area contributed by atoms with Crippen LogP contribution in [0.1, 0.15) is 12.3 Å². The quantitative estimate of drug-likeness (QED) is 0.437. The van der Waals surface area contributed by atoms with Crippen LogP contribution in [0, 0.1) is 0 Å². The molecule has 4 rings (SSSR count). The highest BCUT2D eigenvalue weighted by Gasteiger charge is 2.25.